The van der Waals surface area contributed by atoms with E-state index in [-0.39, 0.29) is 42.7 Å². The standard InChI is InChI=1S/C44H50BrF2N3O10/c1-22(48-37(56)19-45)38(57)49-23(2)39(58)50-33-14-25(7-10-27(33)20-51)13-24-5-8-26(9-6-24)40-59-36-17-29-30-16-32(46)31-15-28(53)11-12-41(31,3)43(30,47)34(54)18-42(29,4)44(36,60-40)35(55)21-52/h5-12,14-15,22-23,29-30,32,34,36,40,51-52,54H,13,16-21H2,1-4H3,(H,48,56)(H,49,57)(H,50,58)/t22-,23-,29-,30-,32-,34-,36+,40+,41-,42-,43-,44+/m0/s1. The van der Waals surface area contributed by atoms with Crippen LogP contribution >= 0.6 is 15.9 Å². The third kappa shape index (κ3) is 6.96. The van der Waals surface area contributed by atoms with Crippen LogP contribution in [0.3, 0.4) is 0 Å². The topological polar surface area (TPSA) is 201 Å². The van der Waals surface area contributed by atoms with Crippen molar-refractivity contribution in [3.8, 4) is 0 Å². The number of rotatable bonds is 12. The lowest BCUT2D eigenvalue weighted by Crippen LogP contribution is -2.70. The van der Waals surface area contributed by atoms with E-state index in [9.17, 15) is 39.3 Å². The second-order valence-electron chi connectivity index (χ2n) is 17.2. The summed E-state index contributed by atoms with van der Waals surface area (Å²) in [5.41, 5.74) is -3.95. The maximum Gasteiger partial charge on any atom is 0.246 e. The average molecular weight is 899 g/mol. The van der Waals surface area contributed by atoms with Gasteiger partial charge in [-0.25, -0.2) is 8.78 Å². The molecule has 4 fully saturated rings. The zero-order valence-corrected chi connectivity index (χ0v) is 35.3. The highest BCUT2D eigenvalue weighted by molar-refractivity contribution is 9.09. The molecule has 0 unspecified atom stereocenters. The highest BCUT2D eigenvalue weighted by Crippen LogP contribution is 2.72. The molecule has 13 nitrogen and oxygen atoms in total. The minimum Gasteiger partial charge on any atom is -0.392 e. The number of aliphatic hydroxyl groups is 3. The van der Waals surface area contributed by atoms with Crippen LogP contribution < -0.4 is 16.0 Å². The summed E-state index contributed by atoms with van der Waals surface area (Å²) in [6, 6.07) is 10.6. The molecule has 3 amide bonds. The van der Waals surface area contributed by atoms with Crippen molar-refractivity contribution in [2.45, 2.75) is 108 Å². The van der Waals surface area contributed by atoms with Crippen LogP contribution in [0, 0.1) is 22.7 Å². The number of ether oxygens (including phenoxy) is 2. The van der Waals surface area contributed by atoms with E-state index in [1.165, 1.54) is 32.9 Å². The van der Waals surface area contributed by atoms with E-state index < -0.39 is 101 Å². The van der Waals surface area contributed by atoms with Crippen molar-refractivity contribution in [2.75, 3.05) is 17.3 Å². The van der Waals surface area contributed by atoms with Crippen molar-refractivity contribution < 1.29 is 57.5 Å². The number of Topliss-reactive ketones (excluding diaryl/α,β-unsaturated/α-hetero) is 1. The molecule has 0 spiro atoms. The Bertz CT molecular complexity index is 2150. The number of aliphatic hydroxyl groups excluding tert-OH is 3. The number of nitrogens with one attached hydrogen (secondary N) is 3. The van der Waals surface area contributed by atoms with Crippen molar-refractivity contribution in [3.05, 3.63) is 88.5 Å². The number of amides is 3. The van der Waals surface area contributed by atoms with Crippen LogP contribution in [0.1, 0.15) is 75.5 Å². The van der Waals surface area contributed by atoms with Crippen molar-refractivity contribution in [2.24, 2.45) is 22.7 Å². The zero-order chi connectivity index (χ0) is 43.5. The van der Waals surface area contributed by atoms with Crippen LogP contribution in [-0.4, -0.2) is 98.3 Å². The average Bonchev–Trinajstić information content (AvgIpc) is 3.72. The molecule has 12 atom stereocenters. The normalized spacial score (nSPS) is 34.9. The Labute approximate surface area is 354 Å². The van der Waals surface area contributed by atoms with E-state index in [1.807, 2.05) is 18.2 Å². The number of alkyl halides is 3. The lowest BCUT2D eigenvalue weighted by Gasteiger charge is -2.63. The number of ketones is 2. The van der Waals surface area contributed by atoms with Crippen molar-refractivity contribution in [1.82, 2.24) is 10.6 Å². The van der Waals surface area contributed by atoms with E-state index in [1.54, 1.807) is 31.2 Å². The molecule has 1 saturated heterocycles. The number of benzene rings is 2. The lowest BCUT2D eigenvalue weighted by molar-refractivity contribution is -0.235. The van der Waals surface area contributed by atoms with Crippen LogP contribution in [-0.2, 0) is 46.5 Å². The molecule has 0 aromatic heterocycles. The second-order valence-corrected chi connectivity index (χ2v) is 17.8. The minimum atomic E-state index is -2.35. The Morgan fingerprint density at radius 3 is 2.32 bits per heavy atom. The van der Waals surface area contributed by atoms with Crippen molar-refractivity contribution in [1.29, 1.82) is 0 Å². The maximum atomic E-state index is 17.7. The third-order valence-electron chi connectivity index (χ3n) is 13.8. The van der Waals surface area contributed by atoms with Gasteiger partial charge in [-0.05, 0) is 87.3 Å². The Morgan fingerprint density at radius 1 is 0.967 bits per heavy atom. The maximum absolute atomic E-state index is 17.7. The monoisotopic (exact) mass is 897 g/mol. The molecule has 7 rings (SSSR count). The van der Waals surface area contributed by atoms with E-state index in [2.05, 4.69) is 31.9 Å². The molecule has 2 aromatic rings. The largest absolute Gasteiger partial charge is 0.392 e. The van der Waals surface area contributed by atoms with Crippen molar-refractivity contribution in [3.63, 3.8) is 0 Å². The number of hydrogen-bond acceptors (Lipinski definition) is 10. The molecule has 322 valence electrons. The van der Waals surface area contributed by atoms with Gasteiger partial charge in [-0.1, -0.05) is 65.3 Å². The van der Waals surface area contributed by atoms with Gasteiger partial charge in [-0.2, -0.15) is 0 Å². The van der Waals surface area contributed by atoms with Gasteiger partial charge in [0.2, 0.25) is 17.7 Å². The number of carbonyl (C=O) groups excluding carboxylic acids is 5. The molecular formula is C44H50BrF2N3O10. The SMILES string of the molecule is C[C@H](NC(=O)CBr)C(=O)N[C@@H](C)C(=O)Nc1cc(Cc2ccc([C@@H]3O[C@@H]4C[C@H]5[C@@H]6C[C@H](F)C7=CC(=O)C=C[C@]7(C)[C@@]6(F)[C@@H](O)C[C@]5(C)[C@]4(C(=O)CO)O3)cc2)ccc1CO. The molecule has 1 aliphatic heterocycles. The number of fused-ring (bicyclic) bond motifs is 7. The third-order valence-corrected chi connectivity index (χ3v) is 14.3. The second kappa shape index (κ2) is 16.3. The summed E-state index contributed by atoms with van der Waals surface area (Å²) >= 11 is 3.02. The molecule has 3 saturated carbocycles. The summed E-state index contributed by atoms with van der Waals surface area (Å²) < 4.78 is 46.7. The number of hydrogen-bond donors (Lipinski definition) is 6. The van der Waals surface area contributed by atoms with Gasteiger partial charge in [0.25, 0.3) is 0 Å². The molecule has 1 heterocycles. The van der Waals surface area contributed by atoms with Gasteiger partial charge in [0.05, 0.1) is 24.1 Å². The lowest BCUT2D eigenvalue weighted by atomic mass is 9.44. The van der Waals surface area contributed by atoms with E-state index in [0.717, 1.165) is 17.2 Å². The first-order chi connectivity index (χ1) is 28.4. The molecule has 16 heteroatoms. The van der Waals surface area contributed by atoms with Crippen molar-refractivity contribution >= 4 is 50.9 Å². The van der Waals surface area contributed by atoms with Gasteiger partial charge in [-0.15, -0.1) is 0 Å². The summed E-state index contributed by atoms with van der Waals surface area (Å²) in [6.07, 6.45) is -1.61. The minimum absolute atomic E-state index is 0.00113. The van der Waals surface area contributed by atoms with Gasteiger partial charge in [0.1, 0.15) is 24.9 Å². The number of anilines is 1. The number of allylic oxidation sites excluding steroid dienone is 4. The van der Waals surface area contributed by atoms with E-state index >= 15 is 8.78 Å². The Balaban J connectivity index is 1.06. The van der Waals surface area contributed by atoms with Crippen LogP contribution in [0.4, 0.5) is 14.5 Å². The Morgan fingerprint density at radius 2 is 1.65 bits per heavy atom. The van der Waals surface area contributed by atoms with Crippen LogP contribution in [0.15, 0.2) is 66.3 Å². The van der Waals surface area contributed by atoms with E-state index in [0.29, 0.717) is 23.2 Å². The fourth-order valence-corrected chi connectivity index (χ4v) is 10.9. The van der Waals surface area contributed by atoms with Gasteiger partial charge in [-0.3, -0.25) is 24.0 Å². The molecule has 4 aliphatic carbocycles. The fourth-order valence-electron chi connectivity index (χ4n) is 10.7. The highest BCUT2D eigenvalue weighted by Gasteiger charge is 2.80. The quantitative estimate of drug-likeness (QED) is 0.171. The first-order valence-electron chi connectivity index (χ1n) is 20.1. The first kappa shape index (κ1) is 43.9. The van der Waals surface area contributed by atoms with Gasteiger partial charge >= 0.3 is 0 Å². The molecule has 5 aliphatic rings. The predicted octanol–water partition coefficient (Wildman–Crippen LogP) is 3.76. The summed E-state index contributed by atoms with van der Waals surface area (Å²) in [7, 11) is 0. The highest BCUT2D eigenvalue weighted by atomic mass is 79.9. The summed E-state index contributed by atoms with van der Waals surface area (Å²) in [4.78, 5) is 63.3. The molecule has 2 aromatic carbocycles. The summed E-state index contributed by atoms with van der Waals surface area (Å²) in [6.45, 7) is 4.99. The van der Waals surface area contributed by atoms with Crippen LogP contribution in [0.2, 0.25) is 0 Å². The Kier molecular flexibility index (Phi) is 11.9. The zero-order valence-electron chi connectivity index (χ0n) is 33.7. The van der Waals surface area contributed by atoms with Crippen LogP contribution in [0.25, 0.3) is 0 Å². The molecule has 60 heavy (non-hydrogen) atoms. The van der Waals surface area contributed by atoms with Gasteiger partial charge < -0.3 is 40.7 Å². The summed E-state index contributed by atoms with van der Waals surface area (Å²) in [5, 5.41) is 39.9. The predicted molar refractivity (Wildman–Crippen MR) is 217 cm³/mol. The fraction of sp³-hybridized carbons (Fsp3) is 0.523. The van der Waals surface area contributed by atoms with Crippen LogP contribution in [0.5, 0.6) is 0 Å². The van der Waals surface area contributed by atoms with Gasteiger partial charge in [0, 0.05) is 33.6 Å². The number of halogens is 3. The molecule has 6 N–H and O–H groups in total. The molecule has 0 bridgehead atoms. The first-order valence-corrected chi connectivity index (χ1v) is 21.2. The molecule has 0 radical (unpaired) electrons. The Hall–Kier alpha value is -4.19. The summed E-state index contributed by atoms with van der Waals surface area (Å²) in [5.74, 6) is -4.30. The molecular weight excluding hydrogens is 848 g/mol. The smallest absolute Gasteiger partial charge is 0.246 e. The van der Waals surface area contributed by atoms with E-state index in [4.69, 9.17) is 9.47 Å². The van der Waals surface area contributed by atoms with Gasteiger partial charge in [0.15, 0.2) is 29.1 Å². The number of carbonyl (C=O) groups is 5.